The van der Waals surface area contributed by atoms with Gasteiger partial charge in [0.2, 0.25) is 0 Å². The van der Waals surface area contributed by atoms with Crippen LogP contribution in [-0.2, 0) is 5.88 Å². The maximum atomic E-state index is 5.82. The van der Waals surface area contributed by atoms with E-state index in [1.165, 1.54) is 0 Å². The number of halogens is 1. The lowest BCUT2D eigenvalue weighted by atomic mass is 10.0. The van der Waals surface area contributed by atoms with Gasteiger partial charge in [0.15, 0.2) is 5.65 Å². The van der Waals surface area contributed by atoms with Gasteiger partial charge < -0.3 is 0 Å². The standard InChI is InChI=1S/C17H13ClN2/c1-2-13-10-15-4-3-9-19-17(15)20-16(13)14-7-5-12(11-18)6-8-14/h2-10H,1,11H2. The molecule has 1 aromatic carbocycles. The first-order valence-electron chi connectivity index (χ1n) is 6.35. The number of alkyl halides is 1. The van der Waals surface area contributed by atoms with Crippen LogP contribution < -0.4 is 0 Å². The second-order valence-electron chi connectivity index (χ2n) is 4.51. The molecule has 98 valence electrons. The van der Waals surface area contributed by atoms with Crippen molar-refractivity contribution < 1.29 is 0 Å². The molecule has 0 bridgehead atoms. The summed E-state index contributed by atoms with van der Waals surface area (Å²) in [5.74, 6) is 0.515. The molecule has 3 heteroatoms. The first-order chi connectivity index (χ1) is 9.81. The molecule has 0 aliphatic heterocycles. The third-order valence-electron chi connectivity index (χ3n) is 3.22. The Labute approximate surface area is 122 Å². The van der Waals surface area contributed by atoms with Crippen LogP contribution in [0.3, 0.4) is 0 Å². The van der Waals surface area contributed by atoms with Crippen molar-refractivity contribution in [3.05, 3.63) is 66.4 Å². The fourth-order valence-corrected chi connectivity index (χ4v) is 2.34. The highest BCUT2D eigenvalue weighted by molar-refractivity contribution is 6.17. The fourth-order valence-electron chi connectivity index (χ4n) is 2.16. The summed E-state index contributed by atoms with van der Waals surface area (Å²) in [7, 11) is 0. The average molecular weight is 281 g/mol. The van der Waals surface area contributed by atoms with Crippen molar-refractivity contribution in [3.63, 3.8) is 0 Å². The van der Waals surface area contributed by atoms with Crippen molar-refractivity contribution >= 4 is 28.7 Å². The molecule has 0 fully saturated rings. The van der Waals surface area contributed by atoms with Gasteiger partial charge in [-0.05, 0) is 23.8 Å². The highest BCUT2D eigenvalue weighted by Gasteiger charge is 2.07. The largest absolute Gasteiger partial charge is 0.237 e. The van der Waals surface area contributed by atoms with E-state index in [0.29, 0.717) is 5.88 Å². The van der Waals surface area contributed by atoms with Crippen molar-refractivity contribution in [2.75, 3.05) is 0 Å². The monoisotopic (exact) mass is 280 g/mol. The van der Waals surface area contributed by atoms with Gasteiger partial charge in [-0.3, -0.25) is 0 Å². The third-order valence-corrected chi connectivity index (χ3v) is 3.53. The molecule has 2 aromatic heterocycles. The van der Waals surface area contributed by atoms with Crippen LogP contribution >= 0.6 is 11.6 Å². The van der Waals surface area contributed by atoms with E-state index in [4.69, 9.17) is 11.6 Å². The Morgan fingerprint density at radius 2 is 1.95 bits per heavy atom. The molecule has 2 heterocycles. The van der Waals surface area contributed by atoms with Gasteiger partial charge in [0.1, 0.15) is 0 Å². The Bertz CT molecular complexity index is 764. The molecule has 0 unspecified atom stereocenters. The molecule has 0 saturated carbocycles. The summed E-state index contributed by atoms with van der Waals surface area (Å²) in [5, 5.41) is 1.02. The van der Waals surface area contributed by atoms with Crippen LogP contribution in [0.4, 0.5) is 0 Å². The normalized spacial score (nSPS) is 10.7. The average Bonchev–Trinajstić information content (AvgIpc) is 2.53. The van der Waals surface area contributed by atoms with Crippen LogP contribution in [-0.4, -0.2) is 9.97 Å². The SMILES string of the molecule is C=Cc1cc2cccnc2nc1-c1ccc(CCl)cc1. The molecular formula is C17H13ClN2. The molecule has 0 aliphatic carbocycles. The van der Waals surface area contributed by atoms with E-state index < -0.39 is 0 Å². The van der Waals surface area contributed by atoms with Gasteiger partial charge >= 0.3 is 0 Å². The minimum absolute atomic E-state index is 0.515. The van der Waals surface area contributed by atoms with Crippen molar-refractivity contribution in [2.24, 2.45) is 0 Å². The number of aromatic nitrogens is 2. The minimum atomic E-state index is 0.515. The highest BCUT2D eigenvalue weighted by atomic mass is 35.5. The second-order valence-corrected chi connectivity index (χ2v) is 4.78. The van der Waals surface area contributed by atoms with E-state index in [1.807, 2.05) is 42.5 Å². The number of hydrogen-bond acceptors (Lipinski definition) is 2. The lowest BCUT2D eigenvalue weighted by Crippen LogP contribution is -1.92. The number of rotatable bonds is 3. The van der Waals surface area contributed by atoms with Gasteiger partial charge in [0.05, 0.1) is 5.69 Å². The maximum absolute atomic E-state index is 5.82. The number of nitrogens with zero attached hydrogens (tertiary/aromatic N) is 2. The Balaban J connectivity index is 2.19. The lowest BCUT2D eigenvalue weighted by molar-refractivity contribution is 1.28. The quantitative estimate of drug-likeness (QED) is 0.651. The molecular weight excluding hydrogens is 268 g/mol. The third kappa shape index (κ3) is 2.30. The molecule has 0 amide bonds. The Morgan fingerprint density at radius 3 is 2.65 bits per heavy atom. The van der Waals surface area contributed by atoms with Crippen LogP contribution in [0.1, 0.15) is 11.1 Å². The smallest absolute Gasteiger partial charge is 0.159 e. The summed E-state index contributed by atoms with van der Waals surface area (Å²) >= 11 is 5.82. The molecule has 0 radical (unpaired) electrons. The molecule has 3 aromatic rings. The second kappa shape index (κ2) is 5.43. The van der Waals surface area contributed by atoms with E-state index in [2.05, 4.69) is 22.6 Å². The number of benzene rings is 1. The molecule has 0 N–H and O–H groups in total. The number of fused-ring (bicyclic) bond motifs is 1. The molecule has 0 aliphatic rings. The van der Waals surface area contributed by atoms with Gasteiger partial charge in [-0.2, -0.15) is 0 Å². The first kappa shape index (κ1) is 12.8. The van der Waals surface area contributed by atoms with Gasteiger partial charge in [-0.15, -0.1) is 11.6 Å². The summed E-state index contributed by atoms with van der Waals surface area (Å²) in [4.78, 5) is 8.97. The van der Waals surface area contributed by atoms with Crippen molar-refractivity contribution in [1.82, 2.24) is 9.97 Å². The predicted octanol–water partition coefficient (Wildman–Crippen LogP) is 4.68. The molecule has 0 saturated heterocycles. The van der Waals surface area contributed by atoms with Crippen molar-refractivity contribution in [2.45, 2.75) is 5.88 Å². The predicted molar refractivity (Wildman–Crippen MR) is 84.6 cm³/mol. The van der Waals surface area contributed by atoms with Crippen LogP contribution in [0.25, 0.3) is 28.4 Å². The highest BCUT2D eigenvalue weighted by Crippen LogP contribution is 2.26. The zero-order chi connectivity index (χ0) is 13.9. The van der Waals surface area contributed by atoms with E-state index in [1.54, 1.807) is 6.20 Å². The topological polar surface area (TPSA) is 25.8 Å². The van der Waals surface area contributed by atoms with Crippen LogP contribution in [0, 0.1) is 0 Å². The Hall–Kier alpha value is -2.19. The summed E-state index contributed by atoms with van der Waals surface area (Å²) in [6.07, 6.45) is 3.58. The summed E-state index contributed by atoms with van der Waals surface area (Å²) < 4.78 is 0. The van der Waals surface area contributed by atoms with Gasteiger partial charge in [-0.25, -0.2) is 9.97 Å². The fraction of sp³-hybridized carbons (Fsp3) is 0.0588. The zero-order valence-corrected chi connectivity index (χ0v) is 11.6. The number of pyridine rings is 2. The molecule has 2 nitrogen and oxygen atoms in total. The molecule has 20 heavy (non-hydrogen) atoms. The van der Waals surface area contributed by atoms with E-state index in [-0.39, 0.29) is 0 Å². The summed E-state index contributed by atoms with van der Waals surface area (Å²) in [5.41, 5.74) is 4.78. The van der Waals surface area contributed by atoms with E-state index >= 15 is 0 Å². The lowest BCUT2D eigenvalue weighted by Gasteiger charge is -2.08. The zero-order valence-electron chi connectivity index (χ0n) is 10.9. The first-order valence-corrected chi connectivity index (χ1v) is 6.89. The Morgan fingerprint density at radius 1 is 1.15 bits per heavy atom. The van der Waals surface area contributed by atoms with Crippen molar-refractivity contribution in [1.29, 1.82) is 0 Å². The van der Waals surface area contributed by atoms with E-state index in [0.717, 1.165) is 33.4 Å². The summed E-state index contributed by atoms with van der Waals surface area (Å²) in [6, 6.07) is 14.1. The van der Waals surface area contributed by atoms with E-state index in [9.17, 15) is 0 Å². The molecule has 3 rings (SSSR count). The van der Waals surface area contributed by atoms with Gasteiger partial charge in [0, 0.05) is 28.6 Å². The number of hydrogen-bond donors (Lipinski definition) is 0. The van der Waals surface area contributed by atoms with Gasteiger partial charge in [-0.1, -0.05) is 36.9 Å². The van der Waals surface area contributed by atoms with Crippen LogP contribution in [0.15, 0.2) is 55.2 Å². The van der Waals surface area contributed by atoms with Crippen LogP contribution in [0.2, 0.25) is 0 Å². The van der Waals surface area contributed by atoms with Crippen LogP contribution in [0.5, 0.6) is 0 Å². The maximum Gasteiger partial charge on any atom is 0.159 e. The minimum Gasteiger partial charge on any atom is -0.237 e. The Kier molecular flexibility index (Phi) is 3.48. The molecule has 0 atom stereocenters. The van der Waals surface area contributed by atoms with Crippen molar-refractivity contribution in [3.8, 4) is 11.3 Å². The summed E-state index contributed by atoms with van der Waals surface area (Å²) in [6.45, 7) is 3.88. The molecule has 0 spiro atoms. The van der Waals surface area contributed by atoms with Gasteiger partial charge in [0.25, 0.3) is 0 Å².